The average molecular weight is 569 g/mol. The Balaban J connectivity index is 1.36. The van der Waals surface area contributed by atoms with Crippen LogP contribution in [-0.4, -0.2) is 54.9 Å². The van der Waals surface area contributed by atoms with Gasteiger partial charge in [0.15, 0.2) is 5.65 Å². The maximum absolute atomic E-state index is 15.4. The molecule has 1 aliphatic rings. The van der Waals surface area contributed by atoms with Crippen LogP contribution < -0.4 is 20.9 Å². The lowest BCUT2D eigenvalue weighted by Gasteiger charge is -2.18. The minimum Gasteiger partial charge on any atom is -0.375 e. The summed E-state index contributed by atoms with van der Waals surface area (Å²) in [6.07, 6.45) is 6.93. The summed E-state index contributed by atoms with van der Waals surface area (Å²) in [6.45, 7) is 5.74. The predicted octanol–water partition coefficient (Wildman–Crippen LogP) is 4.91. The highest BCUT2D eigenvalue weighted by Gasteiger charge is 2.27. The molecule has 0 unspecified atom stereocenters. The molecule has 0 radical (unpaired) electrons. The molecule has 1 aliphatic heterocycles. The van der Waals surface area contributed by atoms with E-state index in [0.29, 0.717) is 60.6 Å². The van der Waals surface area contributed by atoms with Gasteiger partial charge in [-0.3, -0.25) is 9.59 Å². The monoisotopic (exact) mass is 568 g/mol. The molecule has 42 heavy (non-hydrogen) atoms. The van der Waals surface area contributed by atoms with E-state index in [0.717, 1.165) is 5.69 Å². The van der Waals surface area contributed by atoms with Crippen LogP contribution in [-0.2, 0) is 11.2 Å². The van der Waals surface area contributed by atoms with E-state index in [2.05, 4.69) is 30.4 Å². The highest BCUT2D eigenvalue weighted by molar-refractivity contribution is 5.96. The van der Waals surface area contributed by atoms with E-state index < -0.39 is 5.82 Å². The van der Waals surface area contributed by atoms with Gasteiger partial charge in [-0.05, 0) is 67.7 Å². The fraction of sp³-hybridized carbons (Fsp3) is 0.303. The fourth-order valence-corrected chi connectivity index (χ4v) is 5.49. The number of carbonyl (C=O) groups excluding carboxylic acids is 2. The molecule has 218 valence electrons. The van der Waals surface area contributed by atoms with Crippen molar-refractivity contribution in [3.8, 4) is 11.3 Å². The van der Waals surface area contributed by atoms with E-state index in [4.69, 9.17) is 10.7 Å². The standard InChI is InChI=1S/C33H37FN6O2/c1-5-21(2)26-9-7-6-8-22(26)12-14-36-33(42)24-16-30(38(3)4)32-37-29(20-40(32)19-24)27-11-10-25(17-28(27)34)39-15-13-23(18-39)31(35)41/h5-11,16-17,19-20,23H,12-15,18H2,1-4H3,(H2,35,41)(H,36,42)/b21-5-/t23-/m0/s1. The number of allylic oxidation sites excluding steroid dienone is 2. The number of rotatable bonds is 9. The Morgan fingerprint density at radius 2 is 1.95 bits per heavy atom. The highest BCUT2D eigenvalue weighted by Crippen LogP contribution is 2.31. The number of anilines is 2. The number of hydrogen-bond acceptors (Lipinski definition) is 5. The van der Waals surface area contributed by atoms with E-state index in [9.17, 15) is 9.59 Å². The fourth-order valence-electron chi connectivity index (χ4n) is 5.49. The molecule has 0 saturated carbocycles. The van der Waals surface area contributed by atoms with Crippen LogP contribution >= 0.6 is 0 Å². The van der Waals surface area contributed by atoms with E-state index in [1.54, 1.807) is 28.9 Å². The van der Waals surface area contributed by atoms with Crippen molar-refractivity contribution < 1.29 is 14.0 Å². The van der Waals surface area contributed by atoms with Crippen molar-refractivity contribution in [3.05, 3.63) is 89.5 Å². The number of fused-ring (bicyclic) bond motifs is 1. The number of nitrogens with two attached hydrogens (primary N) is 1. The Morgan fingerprint density at radius 1 is 1.17 bits per heavy atom. The molecule has 1 atom stereocenters. The minimum absolute atomic E-state index is 0.189. The molecular formula is C33H37FN6O2. The van der Waals surface area contributed by atoms with Crippen molar-refractivity contribution >= 4 is 34.4 Å². The normalized spacial score (nSPS) is 15.3. The number of hydrogen-bond donors (Lipinski definition) is 2. The number of nitrogens with one attached hydrogen (secondary N) is 1. The van der Waals surface area contributed by atoms with Crippen LogP contribution in [0.3, 0.4) is 0 Å². The zero-order chi connectivity index (χ0) is 30.0. The SMILES string of the molecule is C/C=C(/C)c1ccccc1CCNC(=O)c1cc(N(C)C)c2nc(-c3ccc(N4CC[C@H](C(N)=O)C4)cc3F)cn2c1. The van der Waals surface area contributed by atoms with Crippen LogP contribution in [0.5, 0.6) is 0 Å². The lowest BCUT2D eigenvalue weighted by Crippen LogP contribution is -2.27. The van der Waals surface area contributed by atoms with Crippen molar-refractivity contribution in [2.45, 2.75) is 26.7 Å². The van der Waals surface area contributed by atoms with Gasteiger partial charge in [-0.2, -0.15) is 0 Å². The number of nitrogens with zero attached hydrogens (tertiary/aromatic N) is 4. The van der Waals surface area contributed by atoms with Gasteiger partial charge in [0.2, 0.25) is 5.91 Å². The second kappa shape index (κ2) is 12.1. The average Bonchev–Trinajstić information content (AvgIpc) is 3.64. The zero-order valence-corrected chi connectivity index (χ0v) is 24.5. The summed E-state index contributed by atoms with van der Waals surface area (Å²) < 4.78 is 17.1. The molecule has 4 aromatic rings. The number of aromatic nitrogens is 2. The van der Waals surface area contributed by atoms with Crippen molar-refractivity contribution in [1.29, 1.82) is 0 Å². The number of benzene rings is 2. The van der Waals surface area contributed by atoms with Crippen molar-refractivity contribution in [1.82, 2.24) is 14.7 Å². The molecular weight excluding hydrogens is 531 g/mol. The van der Waals surface area contributed by atoms with Gasteiger partial charge in [-0.25, -0.2) is 9.37 Å². The number of pyridine rings is 1. The highest BCUT2D eigenvalue weighted by atomic mass is 19.1. The number of carbonyl (C=O) groups is 2. The lowest BCUT2D eigenvalue weighted by molar-refractivity contribution is -0.121. The molecule has 1 fully saturated rings. The second-order valence-electron chi connectivity index (χ2n) is 11.0. The number of imidazole rings is 1. The quantitative estimate of drug-likeness (QED) is 0.299. The van der Waals surface area contributed by atoms with Gasteiger partial charge in [0.25, 0.3) is 5.91 Å². The topological polar surface area (TPSA) is 96.0 Å². The Hall–Kier alpha value is -4.66. The van der Waals surface area contributed by atoms with Crippen molar-refractivity contribution in [2.75, 3.05) is 43.5 Å². The van der Waals surface area contributed by atoms with Crippen LogP contribution in [0.2, 0.25) is 0 Å². The summed E-state index contributed by atoms with van der Waals surface area (Å²) in [5.41, 5.74) is 12.4. The first-order valence-electron chi connectivity index (χ1n) is 14.2. The third kappa shape index (κ3) is 5.86. The first-order chi connectivity index (χ1) is 20.2. The third-order valence-electron chi connectivity index (χ3n) is 8.02. The van der Waals surface area contributed by atoms with E-state index in [1.807, 2.05) is 49.0 Å². The van der Waals surface area contributed by atoms with Gasteiger partial charge in [0.1, 0.15) is 5.82 Å². The summed E-state index contributed by atoms with van der Waals surface area (Å²) in [7, 11) is 3.77. The van der Waals surface area contributed by atoms with Gasteiger partial charge in [-0.1, -0.05) is 30.3 Å². The number of amides is 2. The minimum atomic E-state index is -0.406. The summed E-state index contributed by atoms with van der Waals surface area (Å²) in [4.78, 5) is 33.4. The Labute approximate surface area is 245 Å². The largest absolute Gasteiger partial charge is 0.375 e. The van der Waals surface area contributed by atoms with Crippen LogP contribution in [0.25, 0.3) is 22.5 Å². The molecule has 2 aromatic carbocycles. The van der Waals surface area contributed by atoms with Gasteiger partial charge in [-0.15, -0.1) is 0 Å². The Morgan fingerprint density at radius 3 is 2.64 bits per heavy atom. The summed E-state index contributed by atoms with van der Waals surface area (Å²) >= 11 is 0. The lowest BCUT2D eigenvalue weighted by atomic mass is 9.98. The summed E-state index contributed by atoms with van der Waals surface area (Å²) in [5, 5.41) is 3.05. The second-order valence-corrected chi connectivity index (χ2v) is 11.0. The predicted molar refractivity (Wildman–Crippen MR) is 166 cm³/mol. The molecule has 3 heterocycles. The summed E-state index contributed by atoms with van der Waals surface area (Å²) in [6, 6.07) is 15.1. The van der Waals surface area contributed by atoms with Crippen LogP contribution in [0.4, 0.5) is 15.8 Å². The molecule has 0 bridgehead atoms. The van der Waals surface area contributed by atoms with Crippen LogP contribution in [0.15, 0.2) is 67.0 Å². The smallest absolute Gasteiger partial charge is 0.252 e. The molecule has 0 aliphatic carbocycles. The Kier molecular flexibility index (Phi) is 8.29. The van der Waals surface area contributed by atoms with E-state index >= 15 is 4.39 Å². The van der Waals surface area contributed by atoms with Crippen LogP contribution in [0.1, 0.15) is 41.8 Å². The van der Waals surface area contributed by atoms with E-state index in [1.165, 1.54) is 22.8 Å². The van der Waals surface area contributed by atoms with Gasteiger partial charge in [0.05, 0.1) is 22.9 Å². The third-order valence-corrected chi connectivity index (χ3v) is 8.02. The molecule has 2 amide bonds. The summed E-state index contributed by atoms with van der Waals surface area (Å²) in [5.74, 6) is -1.14. The van der Waals surface area contributed by atoms with Crippen LogP contribution in [0, 0.1) is 11.7 Å². The first-order valence-corrected chi connectivity index (χ1v) is 14.2. The molecule has 5 rings (SSSR count). The molecule has 9 heteroatoms. The zero-order valence-electron chi connectivity index (χ0n) is 24.5. The molecule has 8 nitrogen and oxygen atoms in total. The first kappa shape index (κ1) is 28.9. The van der Waals surface area contributed by atoms with Crippen molar-refractivity contribution in [2.24, 2.45) is 11.7 Å². The number of halogens is 1. The van der Waals surface area contributed by atoms with E-state index in [-0.39, 0.29) is 17.7 Å². The number of primary amides is 1. The van der Waals surface area contributed by atoms with Gasteiger partial charge in [0, 0.05) is 57.4 Å². The molecule has 1 saturated heterocycles. The molecule has 3 N–H and O–H groups in total. The van der Waals surface area contributed by atoms with Gasteiger partial charge < -0.3 is 25.3 Å². The van der Waals surface area contributed by atoms with Crippen molar-refractivity contribution in [3.63, 3.8) is 0 Å². The Bertz CT molecular complexity index is 1670. The van der Waals surface area contributed by atoms with Gasteiger partial charge >= 0.3 is 0 Å². The molecule has 0 spiro atoms. The maximum Gasteiger partial charge on any atom is 0.252 e. The maximum atomic E-state index is 15.4. The molecule has 2 aromatic heterocycles.